The first-order chi connectivity index (χ1) is 13.0. The molecule has 13 heteroatoms. The molecule has 2 aromatic rings. The number of halogens is 9. The summed E-state index contributed by atoms with van der Waals surface area (Å²) in [4.78, 5) is 0. The average molecular weight is 452 g/mol. The lowest BCUT2D eigenvalue weighted by Gasteiger charge is -2.16. The van der Waals surface area contributed by atoms with Gasteiger partial charge in [-0.2, -0.15) is 47.9 Å². The summed E-state index contributed by atoms with van der Waals surface area (Å²) in [5, 5.41) is 0. The van der Waals surface area contributed by atoms with Crippen LogP contribution < -0.4 is 4.18 Å². The van der Waals surface area contributed by atoms with Crippen molar-refractivity contribution in [1.82, 2.24) is 0 Å². The topological polar surface area (TPSA) is 43.4 Å². The molecule has 0 aromatic heterocycles. The maximum absolute atomic E-state index is 13.2. The lowest BCUT2D eigenvalue weighted by atomic mass is 9.97. The summed E-state index contributed by atoms with van der Waals surface area (Å²) in [5.74, 6) is -0.819. The molecule has 160 valence electrons. The van der Waals surface area contributed by atoms with Gasteiger partial charge in [-0.1, -0.05) is 18.2 Å². The van der Waals surface area contributed by atoms with Gasteiger partial charge in [0, 0.05) is 0 Å². The smallest absolute Gasteiger partial charge is 0.376 e. The van der Waals surface area contributed by atoms with Crippen LogP contribution in [0.25, 0.3) is 0 Å². The predicted molar refractivity (Wildman–Crippen MR) is 81.3 cm³/mol. The van der Waals surface area contributed by atoms with Crippen molar-refractivity contribution in [2.75, 3.05) is 0 Å². The van der Waals surface area contributed by atoms with Gasteiger partial charge < -0.3 is 4.18 Å². The van der Waals surface area contributed by atoms with Crippen LogP contribution in [0.4, 0.5) is 39.5 Å². The van der Waals surface area contributed by atoms with E-state index >= 15 is 0 Å². The van der Waals surface area contributed by atoms with E-state index in [1.165, 1.54) is 0 Å². The molecule has 3 nitrogen and oxygen atoms in total. The Bertz CT molecular complexity index is 990. The van der Waals surface area contributed by atoms with Crippen molar-refractivity contribution in [3.63, 3.8) is 0 Å². The predicted octanol–water partition coefficient (Wildman–Crippen LogP) is 5.54. The molecule has 0 aliphatic rings. The molecule has 0 saturated heterocycles. The van der Waals surface area contributed by atoms with Crippen molar-refractivity contribution >= 4 is 10.1 Å². The first kappa shape index (κ1) is 22.8. The van der Waals surface area contributed by atoms with Crippen LogP contribution in [0, 0.1) is 0 Å². The first-order valence-electron chi connectivity index (χ1n) is 7.38. The van der Waals surface area contributed by atoms with Crippen LogP contribution in [0.1, 0.15) is 22.3 Å². The summed E-state index contributed by atoms with van der Waals surface area (Å²) in [6.45, 7) is 0. The Kier molecular flexibility index (Phi) is 5.85. The highest BCUT2D eigenvalue weighted by molar-refractivity contribution is 7.88. The van der Waals surface area contributed by atoms with Crippen molar-refractivity contribution < 1.29 is 52.1 Å². The monoisotopic (exact) mass is 452 g/mol. The Morgan fingerprint density at radius 3 is 1.93 bits per heavy atom. The second-order valence-electron chi connectivity index (χ2n) is 5.67. The molecular weight excluding hydrogens is 443 g/mol. The van der Waals surface area contributed by atoms with Gasteiger partial charge in [0.05, 0.1) is 11.1 Å². The minimum absolute atomic E-state index is 0.0796. The van der Waals surface area contributed by atoms with Crippen molar-refractivity contribution in [2.24, 2.45) is 0 Å². The number of benzene rings is 2. The van der Waals surface area contributed by atoms with E-state index in [4.69, 9.17) is 0 Å². The van der Waals surface area contributed by atoms with Gasteiger partial charge in [-0.3, -0.25) is 0 Å². The van der Waals surface area contributed by atoms with Crippen LogP contribution in [0.15, 0.2) is 42.5 Å². The summed E-state index contributed by atoms with van der Waals surface area (Å²) in [7, 11) is -6.00. The Morgan fingerprint density at radius 2 is 1.41 bits per heavy atom. The lowest BCUT2D eigenvalue weighted by molar-refractivity contribution is -0.143. The standard InChI is InChI=1S/C16H9F9O3S/c17-14(18,19)11-5-4-10(13(8-11)15(20,21)22)6-9-2-1-3-12(7-9)28-29(26,27)16(23,24)25/h1-5,7-8H,6H2. The Hall–Kier alpha value is -2.44. The summed E-state index contributed by atoms with van der Waals surface area (Å²) in [6.07, 6.45) is -10.8. The summed E-state index contributed by atoms with van der Waals surface area (Å²) in [6, 6.07) is 4.67. The minimum atomic E-state index is -6.00. The Labute approximate surface area is 157 Å². The quantitative estimate of drug-likeness (QED) is 0.348. The maximum atomic E-state index is 13.2. The van der Waals surface area contributed by atoms with Gasteiger partial charge in [-0.15, -0.1) is 0 Å². The fraction of sp³-hybridized carbons (Fsp3) is 0.250. The second-order valence-corrected chi connectivity index (χ2v) is 7.21. The van der Waals surface area contributed by atoms with Gasteiger partial charge in [0.15, 0.2) is 0 Å². The third-order valence-electron chi connectivity index (χ3n) is 3.53. The summed E-state index contributed by atoms with van der Waals surface area (Å²) in [5.41, 5.74) is -9.55. The van der Waals surface area contributed by atoms with E-state index in [-0.39, 0.29) is 11.6 Å². The van der Waals surface area contributed by atoms with Gasteiger partial charge >= 0.3 is 28.0 Å². The van der Waals surface area contributed by atoms with Crippen molar-refractivity contribution in [3.8, 4) is 5.75 Å². The molecule has 0 heterocycles. The van der Waals surface area contributed by atoms with Gasteiger partial charge in [0.2, 0.25) is 0 Å². The molecule has 29 heavy (non-hydrogen) atoms. The van der Waals surface area contributed by atoms with Gasteiger partial charge in [0.1, 0.15) is 5.75 Å². The highest BCUT2D eigenvalue weighted by Gasteiger charge is 2.48. The van der Waals surface area contributed by atoms with E-state index in [9.17, 15) is 47.9 Å². The average Bonchev–Trinajstić information content (AvgIpc) is 2.52. The number of hydrogen-bond donors (Lipinski definition) is 0. The van der Waals surface area contributed by atoms with Crippen molar-refractivity contribution in [3.05, 3.63) is 64.7 Å². The number of rotatable bonds is 4. The first-order valence-corrected chi connectivity index (χ1v) is 8.78. The molecule has 0 N–H and O–H groups in total. The van der Waals surface area contributed by atoms with E-state index < -0.39 is 56.8 Å². The normalized spacial score (nSPS) is 13.4. The van der Waals surface area contributed by atoms with Crippen LogP contribution in [0.3, 0.4) is 0 Å². The van der Waals surface area contributed by atoms with Crippen LogP contribution in [0.2, 0.25) is 0 Å². The number of alkyl halides is 9. The molecule has 0 radical (unpaired) electrons. The molecule has 0 unspecified atom stereocenters. The van der Waals surface area contributed by atoms with E-state index in [1.807, 2.05) is 0 Å². The Balaban J connectivity index is 2.40. The van der Waals surface area contributed by atoms with Crippen LogP contribution in [0.5, 0.6) is 5.75 Å². The maximum Gasteiger partial charge on any atom is 0.534 e. The zero-order valence-corrected chi connectivity index (χ0v) is 14.6. The third-order valence-corrected chi connectivity index (χ3v) is 4.50. The largest absolute Gasteiger partial charge is 0.534 e. The summed E-state index contributed by atoms with van der Waals surface area (Å²) < 4.78 is 140. The third kappa shape index (κ3) is 5.55. The zero-order chi connectivity index (χ0) is 22.3. The van der Waals surface area contributed by atoms with Gasteiger partial charge in [-0.25, -0.2) is 0 Å². The molecule has 0 aliphatic carbocycles. The molecular formula is C16H9F9O3S. The molecule has 0 amide bonds. The number of hydrogen-bond acceptors (Lipinski definition) is 3. The molecule has 0 atom stereocenters. The van der Waals surface area contributed by atoms with E-state index in [1.54, 1.807) is 0 Å². The van der Waals surface area contributed by atoms with Crippen molar-refractivity contribution in [1.29, 1.82) is 0 Å². The van der Waals surface area contributed by atoms with Crippen molar-refractivity contribution in [2.45, 2.75) is 24.3 Å². The molecule has 0 aliphatic heterocycles. The van der Waals surface area contributed by atoms with Gasteiger partial charge in [0.25, 0.3) is 0 Å². The minimum Gasteiger partial charge on any atom is -0.376 e. The molecule has 0 bridgehead atoms. The lowest BCUT2D eigenvalue weighted by Crippen LogP contribution is -2.28. The SMILES string of the molecule is O=S(=O)(Oc1cccc(Cc2ccc(C(F)(F)F)cc2C(F)(F)F)c1)C(F)(F)F. The van der Waals surface area contributed by atoms with Crippen LogP contribution >= 0.6 is 0 Å². The molecule has 0 saturated carbocycles. The van der Waals surface area contributed by atoms with Crippen LogP contribution in [-0.4, -0.2) is 13.9 Å². The highest BCUT2D eigenvalue weighted by atomic mass is 32.2. The van der Waals surface area contributed by atoms with E-state index in [0.717, 1.165) is 24.3 Å². The highest BCUT2D eigenvalue weighted by Crippen LogP contribution is 2.38. The molecule has 0 spiro atoms. The Morgan fingerprint density at radius 1 is 0.793 bits per heavy atom. The fourth-order valence-corrected chi connectivity index (χ4v) is 2.72. The summed E-state index contributed by atoms with van der Waals surface area (Å²) >= 11 is 0. The van der Waals surface area contributed by atoms with Crippen LogP contribution in [-0.2, 0) is 28.9 Å². The molecule has 2 aromatic carbocycles. The van der Waals surface area contributed by atoms with Gasteiger partial charge in [-0.05, 0) is 41.8 Å². The molecule has 0 fully saturated rings. The second kappa shape index (κ2) is 7.43. The zero-order valence-electron chi connectivity index (χ0n) is 13.8. The van der Waals surface area contributed by atoms with E-state index in [2.05, 4.69) is 4.18 Å². The fourth-order valence-electron chi connectivity index (χ4n) is 2.27. The van der Waals surface area contributed by atoms with E-state index in [0.29, 0.717) is 12.1 Å². The molecule has 2 rings (SSSR count).